The number of nitrogens with one attached hydrogen (secondary N) is 1. The average Bonchev–Trinajstić information content (AvgIpc) is 2.26. The molecule has 2 rings (SSSR count). The Morgan fingerprint density at radius 1 is 1.37 bits per heavy atom. The molecule has 0 spiro atoms. The van der Waals surface area contributed by atoms with Gasteiger partial charge in [-0.2, -0.15) is 9.78 Å². The second kappa shape index (κ2) is 4.26. The van der Waals surface area contributed by atoms with Crippen LogP contribution in [0.25, 0.3) is 10.8 Å². The maximum Gasteiger partial charge on any atom is 0.283 e. The molecule has 0 unspecified atom stereocenters. The van der Waals surface area contributed by atoms with E-state index >= 15 is 0 Å². The lowest BCUT2D eigenvalue weighted by Gasteiger charge is -2.19. The first kappa shape index (κ1) is 13.4. The lowest BCUT2D eigenvalue weighted by Crippen LogP contribution is -2.28. The number of fused-ring (bicyclic) bond motifs is 1. The fourth-order valence-electron chi connectivity index (χ4n) is 1.91. The summed E-state index contributed by atoms with van der Waals surface area (Å²) in [6.07, 6.45) is 1.42. The molecular weight excluding hydrogens is 245 g/mol. The second-order valence-electron chi connectivity index (χ2n) is 5.62. The van der Waals surface area contributed by atoms with Gasteiger partial charge in [0.15, 0.2) is 0 Å². The quantitative estimate of drug-likeness (QED) is 0.585. The fraction of sp³-hybridized carbons (Fsp3) is 0.357. The van der Waals surface area contributed by atoms with Crippen molar-refractivity contribution in [2.75, 3.05) is 0 Å². The van der Waals surface area contributed by atoms with Crippen LogP contribution in [0.3, 0.4) is 0 Å². The summed E-state index contributed by atoms with van der Waals surface area (Å²) in [5.41, 5.74) is 0.00689. The standard InChI is InChI=1S/C14H16FN3O/c1-8(16)18-13(19)12-9(7-17-18)5-10(6-11(12)15)14(2,3)4/h5-7,16H,1-4H3. The van der Waals surface area contributed by atoms with E-state index in [0.717, 1.165) is 10.2 Å². The summed E-state index contributed by atoms with van der Waals surface area (Å²) in [6, 6.07) is 3.16. The van der Waals surface area contributed by atoms with Crippen molar-refractivity contribution in [1.82, 2.24) is 9.78 Å². The van der Waals surface area contributed by atoms with Crippen molar-refractivity contribution >= 4 is 16.6 Å². The van der Waals surface area contributed by atoms with Gasteiger partial charge in [0.1, 0.15) is 11.7 Å². The third kappa shape index (κ3) is 2.28. The highest BCUT2D eigenvalue weighted by atomic mass is 19.1. The number of nitrogens with zero attached hydrogens (tertiary/aromatic N) is 2. The number of hydrogen-bond acceptors (Lipinski definition) is 3. The molecule has 0 fully saturated rings. The van der Waals surface area contributed by atoms with Crippen LogP contribution >= 0.6 is 0 Å². The third-order valence-corrected chi connectivity index (χ3v) is 3.02. The molecule has 1 heterocycles. The Morgan fingerprint density at radius 2 is 2.00 bits per heavy atom. The van der Waals surface area contributed by atoms with Gasteiger partial charge in [-0.15, -0.1) is 0 Å². The van der Waals surface area contributed by atoms with E-state index in [0.29, 0.717) is 5.39 Å². The zero-order chi connectivity index (χ0) is 14.4. The number of halogens is 1. The van der Waals surface area contributed by atoms with Gasteiger partial charge in [0.2, 0.25) is 0 Å². The first-order chi connectivity index (χ1) is 8.71. The van der Waals surface area contributed by atoms with Crippen LogP contribution in [-0.4, -0.2) is 15.6 Å². The minimum Gasteiger partial charge on any atom is -0.287 e. The molecule has 0 aliphatic heterocycles. The van der Waals surface area contributed by atoms with Gasteiger partial charge in [-0.05, 0) is 30.0 Å². The Hall–Kier alpha value is -2.04. The van der Waals surface area contributed by atoms with Crippen molar-refractivity contribution in [2.24, 2.45) is 0 Å². The van der Waals surface area contributed by atoms with Gasteiger partial charge in [-0.25, -0.2) is 4.39 Å². The van der Waals surface area contributed by atoms with E-state index in [1.165, 1.54) is 19.2 Å². The fourth-order valence-corrected chi connectivity index (χ4v) is 1.91. The lowest BCUT2D eigenvalue weighted by atomic mass is 9.86. The van der Waals surface area contributed by atoms with Crippen LogP contribution in [0.2, 0.25) is 0 Å². The van der Waals surface area contributed by atoms with Gasteiger partial charge in [-0.1, -0.05) is 20.8 Å². The first-order valence-corrected chi connectivity index (χ1v) is 5.99. The first-order valence-electron chi connectivity index (χ1n) is 5.99. The maximum absolute atomic E-state index is 14.2. The number of aromatic nitrogens is 2. The monoisotopic (exact) mass is 261 g/mol. The molecule has 1 aromatic carbocycles. The molecule has 0 atom stereocenters. The summed E-state index contributed by atoms with van der Waals surface area (Å²) in [4.78, 5) is 12.1. The topological polar surface area (TPSA) is 58.7 Å². The maximum atomic E-state index is 14.2. The minimum atomic E-state index is -0.594. The molecule has 1 N–H and O–H groups in total. The lowest BCUT2D eigenvalue weighted by molar-refractivity contribution is 0.576. The summed E-state index contributed by atoms with van der Waals surface area (Å²) in [5, 5.41) is 11.8. The molecule has 0 bridgehead atoms. The number of hydrogen-bond donors (Lipinski definition) is 1. The van der Waals surface area contributed by atoms with E-state index in [1.807, 2.05) is 20.8 Å². The van der Waals surface area contributed by atoms with Gasteiger partial charge in [0.05, 0.1) is 11.6 Å². The molecule has 0 radical (unpaired) electrons. The van der Waals surface area contributed by atoms with Crippen LogP contribution in [0.1, 0.15) is 33.3 Å². The van der Waals surface area contributed by atoms with Crippen LogP contribution in [-0.2, 0) is 5.41 Å². The zero-order valence-electron chi connectivity index (χ0n) is 11.4. The van der Waals surface area contributed by atoms with Crippen LogP contribution in [0.5, 0.6) is 0 Å². The van der Waals surface area contributed by atoms with Crippen molar-refractivity contribution < 1.29 is 4.39 Å². The van der Waals surface area contributed by atoms with E-state index < -0.39 is 11.4 Å². The average molecular weight is 261 g/mol. The minimum absolute atomic E-state index is 0.0189. The summed E-state index contributed by atoms with van der Waals surface area (Å²) >= 11 is 0. The molecule has 0 saturated heterocycles. The molecule has 100 valence electrons. The highest BCUT2D eigenvalue weighted by Crippen LogP contribution is 2.26. The van der Waals surface area contributed by atoms with Crippen molar-refractivity contribution in [1.29, 1.82) is 5.41 Å². The van der Waals surface area contributed by atoms with Crippen molar-refractivity contribution in [3.63, 3.8) is 0 Å². The molecule has 1 aromatic heterocycles. The number of rotatable bonds is 0. The van der Waals surface area contributed by atoms with E-state index in [4.69, 9.17) is 5.41 Å². The Kier molecular flexibility index (Phi) is 3.00. The molecule has 0 aliphatic rings. The molecule has 5 heteroatoms. The SMILES string of the molecule is CC(=N)n1ncc2cc(C(C)(C)C)cc(F)c2c1=O. The van der Waals surface area contributed by atoms with Crippen LogP contribution in [0.15, 0.2) is 23.1 Å². The molecule has 19 heavy (non-hydrogen) atoms. The van der Waals surface area contributed by atoms with Crippen LogP contribution in [0.4, 0.5) is 4.39 Å². The van der Waals surface area contributed by atoms with Gasteiger partial charge < -0.3 is 0 Å². The summed E-state index contributed by atoms with van der Waals surface area (Å²) < 4.78 is 15.1. The zero-order valence-corrected chi connectivity index (χ0v) is 11.4. The van der Waals surface area contributed by atoms with E-state index in [-0.39, 0.29) is 16.6 Å². The van der Waals surface area contributed by atoms with Gasteiger partial charge in [0, 0.05) is 5.39 Å². The number of benzene rings is 1. The second-order valence-corrected chi connectivity index (χ2v) is 5.62. The Balaban J connectivity index is 2.85. The van der Waals surface area contributed by atoms with Crippen molar-refractivity contribution in [2.45, 2.75) is 33.1 Å². The molecule has 0 aliphatic carbocycles. The predicted molar refractivity (Wildman–Crippen MR) is 73.5 cm³/mol. The highest BCUT2D eigenvalue weighted by Gasteiger charge is 2.18. The third-order valence-electron chi connectivity index (χ3n) is 3.02. The molecular formula is C14H16FN3O. The normalized spacial score (nSPS) is 11.8. The Labute approximate surface area is 110 Å². The van der Waals surface area contributed by atoms with Crippen LogP contribution < -0.4 is 5.56 Å². The van der Waals surface area contributed by atoms with Crippen molar-refractivity contribution in [3.8, 4) is 0 Å². The van der Waals surface area contributed by atoms with Crippen molar-refractivity contribution in [3.05, 3.63) is 40.1 Å². The molecule has 0 saturated carbocycles. The van der Waals surface area contributed by atoms with Gasteiger partial charge in [-0.3, -0.25) is 10.2 Å². The van der Waals surface area contributed by atoms with Gasteiger partial charge >= 0.3 is 0 Å². The molecule has 4 nitrogen and oxygen atoms in total. The molecule has 0 amide bonds. The largest absolute Gasteiger partial charge is 0.287 e. The van der Waals surface area contributed by atoms with E-state index in [9.17, 15) is 9.18 Å². The van der Waals surface area contributed by atoms with Gasteiger partial charge in [0.25, 0.3) is 5.56 Å². The summed E-state index contributed by atoms with van der Waals surface area (Å²) in [7, 11) is 0. The smallest absolute Gasteiger partial charge is 0.283 e. The summed E-state index contributed by atoms with van der Waals surface area (Å²) in [5.74, 6) is -0.601. The van der Waals surface area contributed by atoms with E-state index in [1.54, 1.807) is 6.07 Å². The molecule has 2 aromatic rings. The predicted octanol–water partition coefficient (Wildman–Crippen LogP) is 2.68. The van der Waals surface area contributed by atoms with Crippen LogP contribution in [0, 0.1) is 11.2 Å². The Bertz CT molecular complexity index is 726. The highest BCUT2D eigenvalue weighted by molar-refractivity contribution is 5.86. The van der Waals surface area contributed by atoms with E-state index in [2.05, 4.69) is 5.10 Å². The Morgan fingerprint density at radius 3 is 2.53 bits per heavy atom. The summed E-state index contributed by atoms with van der Waals surface area (Å²) in [6.45, 7) is 7.36.